The van der Waals surface area contributed by atoms with E-state index in [4.69, 9.17) is 11.6 Å². The molecule has 0 saturated carbocycles. The van der Waals surface area contributed by atoms with Gasteiger partial charge in [-0.25, -0.2) is 0 Å². The maximum Gasteiger partial charge on any atom is 0.168 e. The maximum absolute atomic E-state index is 5.62. The molecule has 1 aromatic heterocycles. The first-order valence-corrected chi connectivity index (χ1v) is 6.24. The Kier molecular flexibility index (Phi) is 4.27. The van der Waals surface area contributed by atoms with E-state index in [2.05, 4.69) is 43.3 Å². The zero-order valence-electron chi connectivity index (χ0n) is 8.64. The van der Waals surface area contributed by atoms with Crippen LogP contribution in [-0.4, -0.2) is 16.4 Å². The van der Waals surface area contributed by atoms with Gasteiger partial charge in [0.15, 0.2) is 11.0 Å². The molecule has 0 radical (unpaired) electrons. The van der Waals surface area contributed by atoms with Crippen LogP contribution in [0.4, 0.5) is 5.82 Å². The van der Waals surface area contributed by atoms with Crippen molar-refractivity contribution in [3.05, 3.63) is 50.7 Å². The Hall–Kier alpha value is -1.21. The number of benzene rings is 1. The average Bonchev–Trinajstić information content (AvgIpc) is 2.34. The summed E-state index contributed by atoms with van der Waals surface area (Å²) >= 11 is 7.88. The van der Waals surface area contributed by atoms with Gasteiger partial charge < -0.3 is 0 Å². The lowest BCUT2D eigenvalue weighted by Crippen LogP contribution is -1.95. The van der Waals surface area contributed by atoms with Crippen molar-refractivity contribution in [3.8, 4) is 0 Å². The number of halogens is 2. The van der Waals surface area contributed by atoms with E-state index in [1.54, 1.807) is 18.3 Å². The van der Waals surface area contributed by atoms with E-state index in [0.29, 0.717) is 11.0 Å². The normalized spacial score (nSPS) is 10.7. The largest absolute Gasteiger partial charge is 0.260 e. The predicted octanol–water partition coefficient (Wildman–Crippen LogP) is 3.18. The number of aromatic nitrogens is 2. The first-order valence-electron chi connectivity index (χ1n) is 4.78. The molecule has 1 heterocycles. The first-order chi connectivity index (χ1) is 8.25. The van der Waals surface area contributed by atoms with Gasteiger partial charge in [-0.3, -0.25) is 5.43 Å². The molecule has 17 heavy (non-hydrogen) atoms. The third-order valence-electron chi connectivity index (χ3n) is 1.92. The van der Waals surface area contributed by atoms with Gasteiger partial charge in [-0.15, -0.1) is 10.2 Å². The van der Waals surface area contributed by atoms with Gasteiger partial charge in [-0.1, -0.05) is 29.8 Å². The molecular weight excluding hydrogens is 351 g/mol. The summed E-state index contributed by atoms with van der Waals surface area (Å²) in [5, 5.41) is 12.0. The molecule has 1 N–H and O–H groups in total. The Balaban J connectivity index is 2.03. The molecule has 0 fully saturated rings. The maximum atomic E-state index is 5.62. The van der Waals surface area contributed by atoms with Crippen LogP contribution in [0.3, 0.4) is 0 Å². The minimum atomic E-state index is 0.358. The van der Waals surface area contributed by atoms with Crippen LogP contribution < -0.4 is 5.43 Å². The predicted molar refractivity (Wildman–Crippen MR) is 77.4 cm³/mol. The van der Waals surface area contributed by atoms with Crippen LogP contribution in [0.1, 0.15) is 5.56 Å². The molecule has 0 aliphatic heterocycles. The average molecular weight is 359 g/mol. The molecule has 2 rings (SSSR count). The number of hydrogen-bond acceptors (Lipinski definition) is 4. The van der Waals surface area contributed by atoms with Gasteiger partial charge in [-0.05, 0) is 40.8 Å². The lowest BCUT2D eigenvalue weighted by Gasteiger charge is -1.98. The fraction of sp³-hybridized carbons (Fsp3) is 0. The highest BCUT2D eigenvalue weighted by molar-refractivity contribution is 14.1. The lowest BCUT2D eigenvalue weighted by atomic mass is 10.2. The number of anilines is 1. The monoisotopic (exact) mass is 358 g/mol. The van der Waals surface area contributed by atoms with Gasteiger partial charge in [0.25, 0.3) is 0 Å². The molecule has 0 unspecified atom stereocenters. The van der Waals surface area contributed by atoms with Crippen molar-refractivity contribution in [2.75, 3.05) is 5.43 Å². The summed E-state index contributed by atoms with van der Waals surface area (Å²) in [6.07, 6.45) is 1.73. The molecular formula is C11H8ClIN4. The van der Waals surface area contributed by atoms with Crippen molar-refractivity contribution in [1.29, 1.82) is 0 Å². The van der Waals surface area contributed by atoms with Crippen molar-refractivity contribution in [2.24, 2.45) is 5.10 Å². The van der Waals surface area contributed by atoms with Gasteiger partial charge in [0.05, 0.1) is 6.21 Å². The lowest BCUT2D eigenvalue weighted by molar-refractivity contribution is 1.02. The van der Waals surface area contributed by atoms with Crippen LogP contribution in [0.2, 0.25) is 5.15 Å². The molecule has 0 aliphatic rings. The van der Waals surface area contributed by atoms with Gasteiger partial charge in [-0.2, -0.15) is 5.10 Å². The summed E-state index contributed by atoms with van der Waals surface area (Å²) < 4.78 is 1.14. The number of hydrogen-bond donors (Lipinski definition) is 1. The summed E-state index contributed by atoms with van der Waals surface area (Å²) in [7, 11) is 0. The quantitative estimate of drug-likeness (QED) is 0.521. The summed E-state index contributed by atoms with van der Waals surface area (Å²) in [5.74, 6) is 0.552. The Morgan fingerprint density at radius 3 is 2.71 bits per heavy atom. The van der Waals surface area contributed by atoms with E-state index in [1.807, 2.05) is 24.3 Å². The van der Waals surface area contributed by atoms with Gasteiger partial charge in [0.1, 0.15) is 0 Å². The highest BCUT2D eigenvalue weighted by atomic mass is 127. The second kappa shape index (κ2) is 5.92. The molecule has 1 aromatic carbocycles. The zero-order chi connectivity index (χ0) is 12.1. The standard InChI is InChI=1S/C11H8ClIN4/c12-10-5-6-11(17-15-10)16-14-7-8-3-1-2-4-9(8)13/h1-7H,(H,16,17)/b14-7-. The van der Waals surface area contributed by atoms with Crippen LogP contribution in [0.25, 0.3) is 0 Å². The fourth-order valence-corrected chi connectivity index (χ4v) is 1.75. The molecule has 4 nitrogen and oxygen atoms in total. The van der Waals surface area contributed by atoms with Gasteiger partial charge in [0.2, 0.25) is 0 Å². The van der Waals surface area contributed by atoms with Crippen molar-refractivity contribution >= 4 is 46.2 Å². The molecule has 0 spiro atoms. The Labute approximate surface area is 117 Å². The highest BCUT2D eigenvalue weighted by Gasteiger charge is 1.95. The molecule has 6 heteroatoms. The fourth-order valence-electron chi connectivity index (χ4n) is 1.12. The summed E-state index contributed by atoms with van der Waals surface area (Å²) in [5.41, 5.74) is 3.83. The minimum absolute atomic E-state index is 0.358. The van der Waals surface area contributed by atoms with Crippen molar-refractivity contribution in [2.45, 2.75) is 0 Å². The molecule has 0 aliphatic carbocycles. The van der Waals surface area contributed by atoms with Crippen LogP contribution in [0, 0.1) is 3.57 Å². The second-order valence-corrected chi connectivity index (χ2v) is 4.68. The molecule has 0 saturated heterocycles. The third kappa shape index (κ3) is 3.64. The summed E-state index contributed by atoms with van der Waals surface area (Å²) in [6, 6.07) is 11.3. The second-order valence-electron chi connectivity index (χ2n) is 3.13. The van der Waals surface area contributed by atoms with E-state index < -0.39 is 0 Å². The molecule has 0 atom stereocenters. The first kappa shape index (κ1) is 12.3. The smallest absolute Gasteiger partial charge is 0.168 e. The van der Waals surface area contributed by atoms with Gasteiger partial charge >= 0.3 is 0 Å². The zero-order valence-corrected chi connectivity index (χ0v) is 11.6. The Morgan fingerprint density at radius 1 is 1.18 bits per heavy atom. The van der Waals surface area contributed by atoms with Crippen LogP contribution in [0.15, 0.2) is 41.5 Å². The van der Waals surface area contributed by atoms with E-state index >= 15 is 0 Å². The summed E-state index contributed by atoms with van der Waals surface area (Å²) in [6.45, 7) is 0. The number of nitrogens with one attached hydrogen (secondary N) is 1. The Morgan fingerprint density at radius 2 is 2.00 bits per heavy atom. The minimum Gasteiger partial charge on any atom is -0.260 e. The highest BCUT2D eigenvalue weighted by Crippen LogP contribution is 2.09. The SMILES string of the molecule is Clc1ccc(N/N=C\c2ccccc2I)nn1. The van der Waals surface area contributed by atoms with Crippen LogP contribution in [0.5, 0.6) is 0 Å². The number of nitrogens with zero attached hydrogens (tertiary/aromatic N) is 3. The summed E-state index contributed by atoms with van der Waals surface area (Å²) in [4.78, 5) is 0. The third-order valence-corrected chi connectivity index (χ3v) is 3.10. The van der Waals surface area contributed by atoms with E-state index in [-0.39, 0.29) is 0 Å². The number of rotatable bonds is 3. The molecule has 2 aromatic rings. The molecule has 86 valence electrons. The van der Waals surface area contributed by atoms with Crippen LogP contribution >= 0.6 is 34.2 Å². The topological polar surface area (TPSA) is 50.2 Å². The van der Waals surface area contributed by atoms with Gasteiger partial charge in [0, 0.05) is 9.13 Å². The van der Waals surface area contributed by atoms with Crippen LogP contribution in [-0.2, 0) is 0 Å². The van der Waals surface area contributed by atoms with Crippen molar-refractivity contribution < 1.29 is 0 Å². The Bertz CT molecular complexity index is 527. The van der Waals surface area contributed by atoms with Crippen molar-refractivity contribution in [1.82, 2.24) is 10.2 Å². The van der Waals surface area contributed by atoms with E-state index in [9.17, 15) is 0 Å². The molecule has 0 bridgehead atoms. The van der Waals surface area contributed by atoms with Crippen molar-refractivity contribution in [3.63, 3.8) is 0 Å². The van der Waals surface area contributed by atoms with E-state index in [1.165, 1.54) is 0 Å². The van der Waals surface area contributed by atoms with E-state index in [0.717, 1.165) is 9.13 Å². The number of hydrazone groups is 1. The molecule has 0 amide bonds.